The lowest BCUT2D eigenvalue weighted by molar-refractivity contribution is 1.34. The Morgan fingerprint density at radius 3 is 3.00 bits per heavy atom. The van der Waals surface area contributed by atoms with E-state index >= 15 is 0 Å². The summed E-state index contributed by atoms with van der Waals surface area (Å²) in [5.41, 5.74) is 2.67. The molecular weight excluding hydrogens is 204 g/mol. The van der Waals surface area contributed by atoms with Crippen molar-refractivity contribution in [2.24, 2.45) is 0 Å². The fourth-order valence-corrected chi connectivity index (χ4v) is 2.57. The third-order valence-electron chi connectivity index (χ3n) is 2.26. The van der Waals surface area contributed by atoms with Crippen molar-refractivity contribution < 1.29 is 0 Å². The van der Waals surface area contributed by atoms with E-state index in [0.717, 1.165) is 15.8 Å². The molecule has 0 spiro atoms. The predicted octanol–water partition coefficient (Wildman–Crippen LogP) is 3.51. The van der Waals surface area contributed by atoms with Crippen LogP contribution in [0.3, 0.4) is 0 Å². The Balaban J connectivity index is 2.72. The number of allylic oxidation sites excluding steroid dienone is 1. The molecule has 15 heavy (non-hydrogen) atoms. The molecule has 0 aliphatic heterocycles. The van der Waals surface area contributed by atoms with E-state index < -0.39 is 0 Å². The molecule has 0 bridgehead atoms. The van der Waals surface area contributed by atoms with Crippen LogP contribution in [0.1, 0.15) is 22.9 Å². The molecule has 2 aromatic rings. The van der Waals surface area contributed by atoms with Crippen LogP contribution >= 0.6 is 11.3 Å². The molecule has 3 heteroatoms. The summed E-state index contributed by atoms with van der Waals surface area (Å²) < 4.78 is 1.11. The lowest BCUT2D eigenvalue weighted by atomic mass is 10.1. The van der Waals surface area contributed by atoms with Gasteiger partial charge in [-0.2, -0.15) is 5.26 Å². The summed E-state index contributed by atoms with van der Waals surface area (Å²) in [7, 11) is 0. The van der Waals surface area contributed by atoms with E-state index in [2.05, 4.69) is 17.1 Å². The van der Waals surface area contributed by atoms with Gasteiger partial charge in [0, 0.05) is 11.1 Å². The number of pyridine rings is 1. The molecule has 0 saturated carbocycles. The second kappa shape index (κ2) is 3.84. The molecule has 0 N–H and O–H groups in total. The van der Waals surface area contributed by atoms with Crippen molar-refractivity contribution in [3.8, 4) is 6.07 Å². The van der Waals surface area contributed by atoms with E-state index in [4.69, 9.17) is 5.26 Å². The van der Waals surface area contributed by atoms with Crippen LogP contribution in [0.4, 0.5) is 0 Å². The molecule has 2 nitrogen and oxygen atoms in total. The van der Waals surface area contributed by atoms with Crippen LogP contribution in [0.5, 0.6) is 0 Å². The number of thiophene rings is 1. The Morgan fingerprint density at radius 2 is 2.33 bits per heavy atom. The number of aromatic nitrogens is 1. The topological polar surface area (TPSA) is 36.7 Å². The largest absolute Gasteiger partial charge is 0.254 e. The van der Waals surface area contributed by atoms with Gasteiger partial charge in [0.25, 0.3) is 0 Å². The highest BCUT2D eigenvalue weighted by Crippen LogP contribution is 2.29. The van der Waals surface area contributed by atoms with Crippen LogP contribution in [0.25, 0.3) is 16.3 Å². The first-order valence-corrected chi connectivity index (χ1v) is 5.50. The molecule has 0 atom stereocenters. The van der Waals surface area contributed by atoms with Crippen molar-refractivity contribution >= 4 is 27.6 Å². The van der Waals surface area contributed by atoms with Gasteiger partial charge in [-0.1, -0.05) is 6.08 Å². The molecule has 0 aromatic carbocycles. The fourth-order valence-electron chi connectivity index (χ4n) is 1.48. The second-order valence-corrected chi connectivity index (χ2v) is 4.36. The Morgan fingerprint density at radius 1 is 1.53 bits per heavy atom. The molecule has 2 rings (SSSR count). The van der Waals surface area contributed by atoms with Crippen LogP contribution in [0, 0.1) is 18.3 Å². The number of aryl methyl sites for hydroxylation is 1. The molecule has 0 amide bonds. The smallest absolute Gasteiger partial charge is 0.101 e. The summed E-state index contributed by atoms with van der Waals surface area (Å²) in [6.45, 7) is 3.96. The number of rotatable bonds is 1. The van der Waals surface area contributed by atoms with E-state index in [-0.39, 0.29) is 0 Å². The SMILES string of the molecule is C/C=C/c1cc2ncc(C#N)c(C)c2s1. The number of nitriles is 1. The molecule has 0 fully saturated rings. The molecule has 0 aliphatic carbocycles. The monoisotopic (exact) mass is 214 g/mol. The summed E-state index contributed by atoms with van der Waals surface area (Å²) in [6, 6.07) is 4.20. The first-order valence-electron chi connectivity index (χ1n) is 4.68. The predicted molar refractivity (Wildman–Crippen MR) is 63.8 cm³/mol. The van der Waals surface area contributed by atoms with Gasteiger partial charge in [-0.15, -0.1) is 11.3 Å². The maximum atomic E-state index is 8.89. The van der Waals surface area contributed by atoms with Crippen molar-refractivity contribution in [1.29, 1.82) is 5.26 Å². The van der Waals surface area contributed by atoms with Crippen molar-refractivity contribution in [3.63, 3.8) is 0 Å². The van der Waals surface area contributed by atoms with Crippen LogP contribution < -0.4 is 0 Å². The molecule has 0 unspecified atom stereocenters. The summed E-state index contributed by atoms with van der Waals surface area (Å²) >= 11 is 1.68. The molecule has 2 heterocycles. The highest BCUT2D eigenvalue weighted by molar-refractivity contribution is 7.20. The maximum Gasteiger partial charge on any atom is 0.101 e. The highest BCUT2D eigenvalue weighted by atomic mass is 32.1. The molecule has 0 radical (unpaired) electrons. The Labute approximate surface area is 92.5 Å². The number of nitrogens with zero attached hydrogens (tertiary/aromatic N) is 2. The standard InChI is InChI=1S/C12H10N2S/c1-3-4-10-5-11-12(15-10)8(2)9(6-13)7-14-11/h3-5,7H,1-2H3/b4-3+. The third kappa shape index (κ3) is 1.64. The average molecular weight is 214 g/mol. The van der Waals surface area contributed by atoms with Crippen LogP contribution in [0.2, 0.25) is 0 Å². The van der Waals surface area contributed by atoms with E-state index in [0.29, 0.717) is 5.56 Å². The van der Waals surface area contributed by atoms with Gasteiger partial charge in [-0.3, -0.25) is 4.98 Å². The molecular formula is C12H10N2S. The zero-order chi connectivity index (χ0) is 10.8. The summed E-state index contributed by atoms with van der Waals surface area (Å²) in [5, 5.41) is 8.89. The van der Waals surface area contributed by atoms with Crippen molar-refractivity contribution in [2.75, 3.05) is 0 Å². The van der Waals surface area contributed by atoms with E-state index in [1.165, 1.54) is 4.88 Å². The number of hydrogen-bond acceptors (Lipinski definition) is 3. The lowest BCUT2D eigenvalue weighted by Crippen LogP contribution is -1.84. The zero-order valence-electron chi connectivity index (χ0n) is 8.61. The van der Waals surface area contributed by atoms with Gasteiger partial charge in [0.15, 0.2) is 0 Å². The normalized spacial score (nSPS) is 11.0. The number of hydrogen-bond donors (Lipinski definition) is 0. The van der Waals surface area contributed by atoms with Crippen LogP contribution in [0.15, 0.2) is 18.3 Å². The Bertz CT molecular complexity index is 573. The van der Waals surface area contributed by atoms with Crippen molar-refractivity contribution in [3.05, 3.63) is 34.3 Å². The van der Waals surface area contributed by atoms with Gasteiger partial charge < -0.3 is 0 Å². The minimum absolute atomic E-state index is 0.663. The van der Waals surface area contributed by atoms with Gasteiger partial charge in [0.05, 0.1) is 15.8 Å². The summed E-state index contributed by atoms with van der Waals surface area (Å²) in [4.78, 5) is 5.45. The van der Waals surface area contributed by atoms with Crippen molar-refractivity contribution in [1.82, 2.24) is 4.98 Å². The van der Waals surface area contributed by atoms with Gasteiger partial charge in [-0.25, -0.2) is 0 Å². The first kappa shape index (κ1) is 9.88. The third-order valence-corrected chi connectivity index (χ3v) is 3.47. The molecule has 74 valence electrons. The van der Waals surface area contributed by atoms with Gasteiger partial charge >= 0.3 is 0 Å². The average Bonchev–Trinajstić information content (AvgIpc) is 2.63. The fraction of sp³-hybridized carbons (Fsp3) is 0.167. The van der Waals surface area contributed by atoms with E-state index in [9.17, 15) is 0 Å². The maximum absolute atomic E-state index is 8.89. The zero-order valence-corrected chi connectivity index (χ0v) is 9.43. The molecule has 2 aromatic heterocycles. The van der Waals surface area contributed by atoms with Crippen LogP contribution in [-0.4, -0.2) is 4.98 Å². The summed E-state index contributed by atoms with van der Waals surface area (Å²) in [6.07, 6.45) is 5.70. The molecule has 0 aliphatic rings. The number of fused-ring (bicyclic) bond motifs is 1. The van der Waals surface area contributed by atoms with Gasteiger partial charge in [-0.05, 0) is 31.6 Å². The minimum Gasteiger partial charge on any atom is -0.254 e. The second-order valence-electron chi connectivity index (χ2n) is 3.27. The Hall–Kier alpha value is -1.66. The lowest BCUT2D eigenvalue weighted by Gasteiger charge is -1.96. The van der Waals surface area contributed by atoms with Crippen LogP contribution in [-0.2, 0) is 0 Å². The van der Waals surface area contributed by atoms with E-state index in [1.807, 2.05) is 26.0 Å². The van der Waals surface area contributed by atoms with Gasteiger partial charge in [0.1, 0.15) is 6.07 Å². The minimum atomic E-state index is 0.663. The summed E-state index contributed by atoms with van der Waals surface area (Å²) in [5.74, 6) is 0. The Kier molecular flexibility index (Phi) is 2.53. The van der Waals surface area contributed by atoms with E-state index in [1.54, 1.807) is 17.5 Å². The quantitative estimate of drug-likeness (QED) is 0.728. The first-order chi connectivity index (χ1) is 7.26. The van der Waals surface area contributed by atoms with Gasteiger partial charge in [0.2, 0.25) is 0 Å². The molecule has 0 saturated heterocycles. The highest BCUT2D eigenvalue weighted by Gasteiger charge is 2.07. The van der Waals surface area contributed by atoms with Crippen molar-refractivity contribution in [2.45, 2.75) is 13.8 Å².